The van der Waals surface area contributed by atoms with Gasteiger partial charge in [0.15, 0.2) is 57.7 Å². The van der Waals surface area contributed by atoms with Crippen molar-refractivity contribution in [3.63, 3.8) is 0 Å². The molecular weight excluding hydrogens is 884 g/mol. The highest BCUT2D eigenvalue weighted by molar-refractivity contribution is 5.99. The first-order chi connectivity index (χ1) is 31.4. The Balaban J connectivity index is 0.000000181. The first-order valence-electron chi connectivity index (χ1n) is 20.7. The van der Waals surface area contributed by atoms with Gasteiger partial charge in [-0.05, 0) is 57.1 Å². The topological polar surface area (TPSA) is 225 Å². The summed E-state index contributed by atoms with van der Waals surface area (Å²) in [6.45, 7) is 3.06. The molecule has 0 saturated carbocycles. The van der Waals surface area contributed by atoms with Crippen LogP contribution in [0, 0.1) is 36.0 Å². The molecular formula is C44H47F5N6O11. The second-order valence-electron chi connectivity index (χ2n) is 15.8. The smallest absolute Gasteiger partial charge is 0.341 e. The predicted octanol–water partition coefficient (Wildman–Crippen LogP) is 4.57. The minimum atomic E-state index is -1.32. The Bertz CT molecular complexity index is 2700. The average molecular weight is 931 g/mol. The minimum absolute atomic E-state index is 0.00667. The number of carbonyl (C=O) groups excluding carboxylic acids is 3. The maximum Gasteiger partial charge on any atom is 0.341 e. The molecule has 0 spiro atoms. The maximum absolute atomic E-state index is 14.3. The lowest BCUT2D eigenvalue weighted by atomic mass is 10.1. The number of benzene rings is 2. The molecule has 22 heteroatoms. The number of rotatable bonds is 8. The quantitative estimate of drug-likeness (QED) is 0.179. The molecule has 8 rings (SSSR count). The number of aromatic carboxylic acids is 1. The van der Waals surface area contributed by atoms with Crippen LogP contribution in [0.5, 0.6) is 23.0 Å². The summed E-state index contributed by atoms with van der Waals surface area (Å²) in [6.07, 6.45) is 7.50. The van der Waals surface area contributed by atoms with Gasteiger partial charge in [0.25, 0.3) is 17.7 Å². The molecule has 4 aliphatic heterocycles. The maximum atomic E-state index is 14.3. The van der Waals surface area contributed by atoms with Crippen molar-refractivity contribution in [1.29, 1.82) is 0 Å². The summed E-state index contributed by atoms with van der Waals surface area (Å²) < 4.78 is 85.6. The highest BCUT2D eigenvalue weighted by atomic mass is 19.2. The molecule has 5 N–H and O–H groups in total. The fourth-order valence-corrected chi connectivity index (χ4v) is 8.51. The van der Waals surface area contributed by atoms with Gasteiger partial charge in [-0.25, -0.2) is 26.7 Å². The monoisotopic (exact) mass is 930 g/mol. The summed E-state index contributed by atoms with van der Waals surface area (Å²) in [6, 6.07) is 1.41. The van der Waals surface area contributed by atoms with E-state index in [1.165, 1.54) is 37.2 Å². The summed E-state index contributed by atoms with van der Waals surface area (Å²) >= 11 is 0. The molecule has 3 amide bonds. The third kappa shape index (κ3) is 9.13. The minimum Gasteiger partial charge on any atom is -0.503 e. The second kappa shape index (κ2) is 20.0. The number of fused-ring (bicyclic) bond motifs is 8. The number of methoxy groups -OCH3 is 3. The Morgan fingerprint density at radius 3 is 1.74 bits per heavy atom. The first kappa shape index (κ1) is 48.5. The van der Waals surface area contributed by atoms with Crippen molar-refractivity contribution in [3.8, 4) is 23.0 Å². The van der Waals surface area contributed by atoms with Crippen molar-refractivity contribution in [2.75, 3.05) is 47.5 Å². The summed E-state index contributed by atoms with van der Waals surface area (Å²) in [5, 5.41) is 21.8. The molecule has 0 radical (unpaired) electrons. The zero-order valence-corrected chi connectivity index (χ0v) is 36.3. The molecule has 354 valence electrons. The third-order valence-corrected chi connectivity index (χ3v) is 11.9. The molecule has 2 aromatic heterocycles. The Morgan fingerprint density at radius 1 is 0.712 bits per heavy atom. The Kier molecular flexibility index (Phi) is 14.7. The van der Waals surface area contributed by atoms with Crippen LogP contribution in [-0.2, 0) is 13.1 Å². The Labute approximate surface area is 373 Å². The normalized spacial score (nSPS) is 17.1. The molecule has 2 saturated heterocycles. The van der Waals surface area contributed by atoms with Crippen LogP contribution in [0.25, 0.3) is 0 Å². The number of carbonyl (C=O) groups is 4. The number of pyridine rings is 2. The van der Waals surface area contributed by atoms with Gasteiger partial charge < -0.3 is 54.4 Å². The second-order valence-corrected chi connectivity index (χ2v) is 15.8. The molecule has 0 unspecified atom stereocenters. The highest BCUT2D eigenvalue weighted by Crippen LogP contribution is 2.34. The van der Waals surface area contributed by atoms with E-state index in [-0.39, 0.29) is 53.0 Å². The van der Waals surface area contributed by atoms with Gasteiger partial charge >= 0.3 is 5.97 Å². The van der Waals surface area contributed by atoms with Gasteiger partial charge in [-0.15, -0.1) is 0 Å². The van der Waals surface area contributed by atoms with E-state index in [1.807, 2.05) is 0 Å². The third-order valence-electron chi connectivity index (χ3n) is 11.9. The average Bonchev–Trinajstić information content (AvgIpc) is 3.65. The van der Waals surface area contributed by atoms with Crippen LogP contribution in [-0.4, -0.2) is 100 Å². The lowest BCUT2D eigenvalue weighted by molar-refractivity contribution is 0.0658. The van der Waals surface area contributed by atoms with Gasteiger partial charge in [0.1, 0.15) is 16.9 Å². The molecule has 66 heavy (non-hydrogen) atoms. The van der Waals surface area contributed by atoms with Crippen LogP contribution < -0.4 is 36.1 Å². The SMILES string of the molecule is COc1c(F)cc(C)c(CN)c1F.COc1c(F)cc(F)c(CNC(=O)c2cn3c(c(O)c2=O)C(=O)N2CCCC[C@H]3C2)c1F.COc1c2n(cc(C(=O)O)c1=O)[C@H]1CCCCN(C1)C2=O. The number of nitrogens with two attached hydrogens (primary N) is 1. The molecule has 6 heterocycles. The van der Waals surface area contributed by atoms with Crippen LogP contribution in [0.2, 0.25) is 0 Å². The molecule has 2 aromatic carbocycles. The number of nitrogens with zero attached hydrogens (tertiary/aromatic N) is 4. The van der Waals surface area contributed by atoms with Crippen molar-refractivity contribution in [1.82, 2.24) is 24.3 Å². The van der Waals surface area contributed by atoms with Crippen molar-refractivity contribution < 1.29 is 65.6 Å². The lowest BCUT2D eigenvalue weighted by Gasteiger charge is -2.34. The molecule has 4 aromatic rings. The summed E-state index contributed by atoms with van der Waals surface area (Å²) in [4.78, 5) is 77.2. The highest BCUT2D eigenvalue weighted by Gasteiger charge is 2.38. The van der Waals surface area contributed by atoms with Gasteiger partial charge in [0, 0.05) is 68.9 Å². The van der Waals surface area contributed by atoms with Crippen LogP contribution in [0.1, 0.15) is 109 Å². The molecule has 0 aliphatic carbocycles. The summed E-state index contributed by atoms with van der Waals surface area (Å²) in [7, 11) is 3.51. The van der Waals surface area contributed by atoms with E-state index in [0.717, 1.165) is 39.2 Å². The van der Waals surface area contributed by atoms with Crippen LogP contribution in [0.15, 0.2) is 34.1 Å². The van der Waals surface area contributed by atoms with Gasteiger partial charge in [-0.3, -0.25) is 24.0 Å². The van der Waals surface area contributed by atoms with Gasteiger partial charge in [-0.2, -0.15) is 0 Å². The number of halogens is 5. The number of hydrogen-bond acceptors (Lipinski definition) is 11. The van der Waals surface area contributed by atoms with Crippen molar-refractivity contribution in [3.05, 3.63) is 113 Å². The number of carboxylic acid groups (broad SMARTS) is 1. The van der Waals surface area contributed by atoms with E-state index in [2.05, 4.69) is 14.8 Å². The number of aryl methyl sites for hydroxylation is 1. The standard InChI is InChI=1S/C21H20F3N3O5.C14H16N2O5.C9H11F2NO/c1-32-19-14(23)6-13(22)11(15(19)24)7-25-20(30)12-9-27-10-4-2-3-5-26(8-10)21(31)16(27)18(29)17(12)28;1-21-12-10-13(18)15-5-3-2-4-8(6-15)16(10)7-9(11(12)17)14(19)20;1-5-3-7(10)9(13-2)8(11)6(5)4-12/h6,9-10,29H,2-5,7-8H2,1H3,(H,25,30);7-8H,2-6H2,1H3,(H,19,20);3H,4,12H2,1-2H3/t10-;8-;/m00./s1. The summed E-state index contributed by atoms with van der Waals surface area (Å²) in [5.41, 5.74) is 2.78. The lowest BCUT2D eigenvalue weighted by Crippen LogP contribution is -2.44. The Hall–Kier alpha value is -6.97. The number of nitrogens with one attached hydrogen (secondary N) is 1. The van der Waals surface area contributed by atoms with E-state index < -0.39 is 86.9 Å². The van der Waals surface area contributed by atoms with E-state index in [0.29, 0.717) is 49.8 Å². The zero-order chi connectivity index (χ0) is 48.3. The number of amides is 3. The zero-order valence-electron chi connectivity index (χ0n) is 36.3. The number of carboxylic acids is 1. The van der Waals surface area contributed by atoms with Gasteiger partial charge in [0.2, 0.25) is 10.9 Å². The largest absolute Gasteiger partial charge is 0.503 e. The molecule has 4 bridgehead atoms. The number of ether oxygens (including phenoxy) is 3. The molecule has 2 atom stereocenters. The van der Waals surface area contributed by atoms with Crippen molar-refractivity contribution >= 4 is 23.7 Å². The summed E-state index contributed by atoms with van der Waals surface area (Å²) in [5.74, 6) is -10.5. The fourth-order valence-electron chi connectivity index (χ4n) is 8.51. The van der Waals surface area contributed by atoms with Crippen molar-refractivity contribution in [2.45, 2.75) is 70.6 Å². The number of hydrogen-bond donors (Lipinski definition) is 4. The number of aromatic hydroxyl groups is 1. The van der Waals surface area contributed by atoms with E-state index in [1.54, 1.807) is 21.3 Å². The molecule has 2 fully saturated rings. The molecule has 17 nitrogen and oxygen atoms in total. The van der Waals surface area contributed by atoms with Gasteiger partial charge in [0.05, 0.1) is 33.4 Å². The van der Waals surface area contributed by atoms with Crippen LogP contribution in [0.3, 0.4) is 0 Å². The predicted molar refractivity (Wildman–Crippen MR) is 224 cm³/mol. The van der Waals surface area contributed by atoms with Crippen molar-refractivity contribution in [2.24, 2.45) is 5.73 Å². The van der Waals surface area contributed by atoms with E-state index in [4.69, 9.17) is 15.6 Å². The van der Waals surface area contributed by atoms with Crippen LogP contribution >= 0.6 is 0 Å². The van der Waals surface area contributed by atoms with Gasteiger partial charge in [-0.1, -0.05) is 0 Å². The number of aromatic nitrogens is 2. The molecule has 4 aliphatic rings. The van der Waals surface area contributed by atoms with E-state index >= 15 is 0 Å². The van der Waals surface area contributed by atoms with Crippen LogP contribution in [0.4, 0.5) is 22.0 Å². The Morgan fingerprint density at radius 2 is 1.21 bits per heavy atom. The first-order valence-corrected chi connectivity index (χ1v) is 20.7. The fraction of sp³-hybridized carbons (Fsp3) is 0.409. The van der Waals surface area contributed by atoms with E-state index in [9.17, 15) is 55.8 Å².